The van der Waals surface area contributed by atoms with E-state index in [1.54, 1.807) is 7.05 Å². The molecule has 0 aromatic carbocycles. The molecule has 8 heavy (non-hydrogen) atoms. The predicted molar refractivity (Wildman–Crippen MR) is 34.0 cm³/mol. The summed E-state index contributed by atoms with van der Waals surface area (Å²) in [6, 6.07) is 0. The summed E-state index contributed by atoms with van der Waals surface area (Å²) in [5.74, 6) is 1.11. The van der Waals surface area contributed by atoms with Crippen molar-refractivity contribution < 1.29 is 4.79 Å². The van der Waals surface area contributed by atoms with E-state index in [1.165, 1.54) is 11.9 Å². The molecule has 0 radical (unpaired) electrons. The van der Waals surface area contributed by atoms with Crippen molar-refractivity contribution >= 4 is 23.6 Å². The van der Waals surface area contributed by atoms with E-state index >= 15 is 0 Å². The number of ketones is 1. The van der Waals surface area contributed by atoms with Crippen LogP contribution in [0.4, 0.5) is 0 Å². The van der Waals surface area contributed by atoms with E-state index in [0.29, 0.717) is 11.6 Å². The third-order valence-corrected chi connectivity index (χ3v) is 1.60. The first-order valence-electron chi connectivity index (χ1n) is 2.22. The highest BCUT2D eigenvalue weighted by molar-refractivity contribution is 7.99. The van der Waals surface area contributed by atoms with Gasteiger partial charge in [-0.2, -0.15) is 0 Å². The molecule has 0 aromatic rings. The summed E-state index contributed by atoms with van der Waals surface area (Å²) < 4.78 is 2.77. The molecule has 4 heteroatoms. The Morgan fingerprint density at radius 1 is 1.88 bits per heavy atom. The van der Waals surface area contributed by atoms with Gasteiger partial charge in [-0.3, -0.25) is 9.79 Å². The molecule has 44 valence electrons. The smallest absolute Gasteiger partial charge is 0.209 e. The van der Waals surface area contributed by atoms with Crippen LogP contribution in [0.25, 0.3) is 0 Å². The second-order valence-corrected chi connectivity index (χ2v) is 2.17. The zero-order chi connectivity index (χ0) is 5.98. The van der Waals surface area contributed by atoms with Crippen LogP contribution >= 0.6 is 11.9 Å². The van der Waals surface area contributed by atoms with E-state index in [-0.39, 0.29) is 5.78 Å². The van der Waals surface area contributed by atoms with Gasteiger partial charge in [0.1, 0.15) is 0 Å². The Hall–Kier alpha value is -0.510. The van der Waals surface area contributed by atoms with Crippen LogP contribution in [0.3, 0.4) is 0 Å². The fraction of sp³-hybridized carbons (Fsp3) is 0.500. The molecule has 1 fully saturated rings. The van der Waals surface area contributed by atoms with Gasteiger partial charge >= 0.3 is 0 Å². The molecule has 1 heterocycles. The average molecular weight is 130 g/mol. The van der Waals surface area contributed by atoms with Crippen molar-refractivity contribution in [3.8, 4) is 0 Å². The molecular weight excluding hydrogens is 124 g/mol. The molecule has 1 saturated heterocycles. The maximum atomic E-state index is 10.6. The molecule has 0 atom stereocenters. The number of nitrogens with one attached hydrogen (secondary N) is 1. The third-order valence-electron chi connectivity index (χ3n) is 0.860. The number of aliphatic imine (C=N–C) groups is 1. The summed E-state index contributed by atoms with van der Waals surface area (Å²) in [5.41, 5.74) is 0. The predicted octanol–water partition coefficient (Wildman–Crippen LogP) is -0.165. The lowest BCUT2D eigenvalue weighted by atomic mass is 10.4. The van der Waals surface area contributed by atoms with Gasteiger partial charge < -0.3 is 4.72 Å². The molecule has 0 bridgehead atoms. The third kappa shape index (κ3) is 0.838. The van der Waals surface area contributed by atoms with Gasteiger partial charge in [0.15, 0.2) is 5.84 Å². The number of Topliss-reactive ketones (excluding diaryl/α,β-unsaturated/α-hetero) is 1. The first kappa shape index (κ1) is 5.62. The maximum absolute atomic E-state index is 10.6. The molecule has 0 saturated carbocycles. The SMILES string of the molecule is CN=C1NSCC1=O. The molecule has 1 aliphatic rings. The van der Waals surface area contributed by atoms with E-state index in [4.69, 9.17) is 0 Å². The second-order valence-electron chi connectivity index (χ2n) is 1.39. The van der Waals surface area contributed by atoms with Crippen molar-refractivity contribution in [1.29, 1.82) is 0 Å². The summed E-state index contributed by atoms with van der Waals surface area (Å²) in [5, 5.41) is 0. The lowest BCUT2D eigenvalue weighted by Gasteiger charge is -1.86. The van der Waals surface area contributed by atoms with E-state index in [1.807, 2.05) is 0 Å². The van der Waals surface area contributed by atoms with Crippen molar-refractivity contribution in [2.75, 3.05) is 12.8 Å². The summed E-state index contributed by atoms with van der Waals surface area (Å²) in [4.78, 5) is 14.3. The van der Waals surface area contributed by atoms with Crippen LogP contribution in [-0.2, 0) is 4.79 Å². The second kappa shape index (κ2) is 2.17. The van der Waals surface area contributed by atoms with Gasteiger partial charge in [0, 0.05) is 7.05 Å². The topological polar surface area (TPSA) is 41.5 Å². The van der Waals surface area contributed by atoms with Gasteiger partial charge in [-0.05, 0) is 11.9 Å². The van der Waals surface area contributed by atoms with Gasteiger partial charge in [0.2, 0.25) is 5.78 Å². The lowest BCUT2D eigenvalue weighted by molar-refractivity contribution is -0.110. The van der Waals surface area contributed by atoms with Gasteiger partial charge in [-0.25, -0.2) is 0 Å². The minimum atomic E-state index is 0.0949. The number of carbonyl (C=O) groups is 1. The Labute approximate surface area is 51.7 Å². The van der Waals surface area contributed by atoms with Gasteiger partial charge in [0.05, 0.1) is 5.75 Å². The van der Waals surface area contributed by atoms with Crippen molar-refractivity contribution in [3.63, 3.8) is 0 Å². The molecule has 1 aliphatic heterocycles. The van der Waals surface area contributed by atoms with E-state index in [9.17, 15) is 4.79 Å². The maximum Gasteiger partial charge on any atom is 0.209 e. The van der Waals surface area contributed by atoms with Crippen LogP contribution in [0, 0.1) is 0 Å². The molecule has 1 N–H and O–H groups in total. The fourth-order valence-electron chi connectivity index (χ4n) is 0.466. The molecule has 1 rings (SSSR count). The van der Waals surface area contributed by atoms with Crippen molar-refractivity contribution in [2.45, 2.75) is 0 Å². The highest BCUT2D eigenvalue weighted by Gasteiger charge is 2.17. The Morgan fingerprint density at radius 2 is 2.62 bits per heavy atom. The summed E-state index contributed by atoms with van der Waals surface area (Å²) in [7, 11) is 1.60. The van der Waals surface area contributed by atoms with Crippen LogP contribution in [-0.4, -0.2) is 24.4 Å². The Morgan fingerprint density at radius 3 is 2.88 bits per heavy atom. The number of rotatable bonds is 0. The molecular formula is C4H6N2OS. The van der Waals surface area contributed by atoms with Gasteiger partial charge in [0.25, 0.3) is 0 Å². The van der Waals surface area contributed by atoms with Gasteiger partial charge in [-0.15, -0.1) is 0 Å². The van der Waals surface area contributed by atoms with Crippen molar-refractivity contribution in [2.24, 2.45) is 4.99 Å². The van der Waals surface area contributed by atoms with Gasteiger partial charge in [-0.1, -0.05) is 0 Å². The highest BCUT2D eigenvalue weighted by Crippen LogP contribution is 2.02. The number of carbonyl (C=O) groups excluding carboxylic acids is 1. The average Bonchev–Trinajstić information content (AvgIpc) is 2.14. The first-order chi connectivity index (χ1) is 3.84. The standard InChI is InChI=1S/C4H6N2OS/c1-5-4-3(7)2-8-6-4/h2H2,1H3,(H,5,6). The Balaban J connectivity index is 2.69. The molecule has 0 amide bonds. The summed E-state index contributed by atoms with van der Waals surface area (Å²) in [6.07, 6.45) is 0. The van der Waals surface area contributed by atoms with Crippen molar-refractivity contribution in [1.82, 2.24) is 4.72 Å². The quantitative estimate of drug-likeness (QED) is 0.463. The number of hydrogen-bond donors (Lipinski definition) is 1. The minimum absolute atomic E-state index is 0.0949. The largest absolute Gasteiger partial charge is 0.311 e. The number of hydrogen-bond acceptors (Lipinski definition) is 3. The van der Waals surface area contributed by atoms with Crippen LogP contribution in [0.1, 0.15) is 0 Å². The zero-order valence-electron chi connectivity index (χ0n) is 4.47. The monoisotopic (exact) mass is 130 g/mol. The Bertz CT molecular complexity index is 143. The van der Waals surface area contributed by atoms with Crippen LogP contribution in [0.15, 0.2) is 4.99 Å². The molecule has 0 spiro atoms. The minimum Gasteiger partial charge on any atom is -0.311 e. The normalized spacial score (nSPS) is 24.1. The lowest BCUT2D eigenvalue weighted by Crippen LogP contribution is -2.16. The van der Waals surface area contributed by atoms with E-state index in [2.05, 4.69) is 9.71 Å². The molecule has 0 aromatic heterocycles. The molecule has 0 unspecified atom stereocenters. The fourth-order valence-corrected chi connectivity index (χ4v) is 1.15. The van der Waals surface area contributed by atoms with Crippen LogP contribution in [0.5, 0.6) is 0 Å². The van der Waals surface area contributed by atoms with Crippen molar-refractivity contribution in [3.05, 3.63) is 0 Å². The van der Waals surface area contributed by atoms with Crippen LogP contribution < -0.4 is 4.72 Å². The zero-order valence-corrected chi connectivity index (χ0v) is 5.29. The molecule has 3 nitrogen and oxygen atoms in total. The summed E-state index contributed by atoms with van der Waals surface area (Å²) in [6.45, 7) is 0. The van der Waals surface area contributed by atoms with E-state index < -0.39 is 0 Å². The van der Waals surface area contributed by atoms with E-state index in [0.717, 1.165) is 0 Å². The number of nitrogens with zero attached hydrogens (tertiary/aromatic N) is 1. The van der Waals surface area contributed by atoms with Crippen LogP contribution in [0.2, 0.25) is 0 Å². The highest BCUT2D eigenvalue weighted by atomic mass is 32.2. The number of amidine groups is 1. The first-order valence-corrected chi connectivity index (χ1v) is 3.21. The Kier molecular flexibility index (Phi) is 1.53. The summed E-state index contributed by atoms with van der Waals surface area (Å²) >= 11 is 1.38. The molecule has 0 aliphatic carbocycles.